The van der Waals surface area contributed by atoms with Gasteiger partial charge in [0.2, 0.25) is 5.91 Å². The molecule has 0 aliphatic carbocycles. The second-order valence-corrected chi connectivity index (χ2v) is 3.41. The predicted molar refractivity (Wildman–Crippen MR) is 57.0 cm³/mol. The van der Waals surface area contributed by atoms with Crippen LogP contribution in [0.2, 0.25) is 0 Å². The number of nitrogens with two attached hydrogens (primary N) is 2. The number of aliphatic imine (C=N–C) groups is 1. The zero-order valence-corrected chi connectivity index (χ0v) is 8.43. The number of amidine groups is 1. The van der Waals surface area contributed by atoms with Gasteiger partial charge in [0.15, 0.2) is 0 Å². The van der Waals surface area contributed by atoms with Crippen LogP contribution in [0.15, 0.2) is 17.1 Å². The number of carboxylic acid groups (broad SMARTS) is 1. The van der Waals surface area contributed by atoms with E-state index in [1.807, 2.05) is 0 Å². The average molecular weight is 233 g/mol. The van der Waals surface area contributed by atoms with Crippen molar-refractivity contribution in [1.29, 1.82) is 0 Å². The van der Waals surface area contributed by atoms with E-state index in [9.17, 15) is 14.4 Å². The van der Waals surface area contributed by atoms with E-state index in [1.165, 1.54) is 6.07 Å². The van der Waals surface area contributed by atoms with Gasteiger partial charge in [-0.15, -0.1) is 0 Å². The minimum absolute atomic E-state index is 0.0695. The first-order valence-electron chi connectivity index (χ1n) is 4.52. The Labute approximate surface area is 94.7 Å². The number of aromatic carboxylic acids is 1. The number of amides is 2. The highest BCUT2D eigenvalue weighted by Crippen LogP contribution is 2.22. The Morgan fingerprint density at radius 1 is 1.18 bits per heavy atom. The second-order valence-electron chi connectivity index (χ2n) is 3.41. The summed E-state index contributed by atoms with van der Waals surface area (Å²) in [5, 5.41) is 8.92. The van der Waals surface area contributed by atoms with E-state index in [2.05, 4.69) is 4.99 Å². The Bertz CT molecular complexity index is 604. The van der Waals surface area contributed by atoms with E-state index in [0.29, 0.717) is 0 Å². The number of fused-ring (bicyclic) bond motifs is 2. The molecule has 0 saturated carbocycles. The summed E-state index contributed by atoms with van der Waals surface area (Å²) in [6.07, 6.45) is 0. The summed E-state index contributed by atoms with van der Waals surface area (Å²) in [4.78, 5) is 37.0. The van der Waals surface area contributed by atoms with Gasteiger partial charge in [0, 0.05) is 5.56 Å². The van der Waals surface area contributed by atoms with E-state index in [-0.39, 0.29) is 28.1 Å². The fourth-order valence-electron chi connectivity index (χ4n) is 1.60. The molecule has 2 amide bonds. The number of carbonyl (C=O) groups is 3. The van der Waals surface area contributed by atoms with Crippen LogP contribution in [-0.4, -0.2) is 28.7 Å². The van der Waals surface area contributed by atoms with Crippen molar-refractivity contribution in [3.8, 4) is 0 Å². The van der Waals surface area contributed by atoms with E-state index < -0.39 is 17.8 Å². The SMILES string of the molecule is NC(=O)c1cc(C(=O)O)c2cc1C(N)=NC2=O. The number of carboxylic acids is 1. The van der Waals surface area contributed by atoms with Gasteiger partial charge in [0.1, 0.15) is 5.84 Å². The van der Waals surface area contributed by atoms with Crippen LogP contribution in [0.3, 0.4) is 0 Å². The van der Waals surface area contributed by atoms with Crippen molar-refractivity contribution in [1.82, 2.24) is 0 Å². The van der Waals surface area contributed by atoms with Gasteiger partial charge >= 0.3 is 5.97 Å². The lowest BCUT2D eigenvalue weighted by molar-refractivity contribution is 0.0692. The van der Waals surface area contributed by atoms with Crippen LogP contribution in [0.5, 0.6) is 0 Å². The molecule has 1 aliphatic rings. The van der Waals surface area contributed by atoms with Crippen LogP contribution in [0.4, 0.5) is 0 Å². The summed E-state index contributed by atoms with van der Waals surface area (Å²) < 4.78 is 0. The zero-order chi connectivity index (χ0) is 12.7. The first kappa shape index (κ1) is 10.8. The minimum Gasteiger partial charge on any atom is -0.478 e. The molecule has 1 heterocycles. The van der Waals surface area contributed by atoms with E-state index in [1.54, 1.807) is 0 Å². The predicted octanol–water partition coefficient (Wildman–Crippen LogP) is -0.657. The molecule has 1 aromatic carbocycles. The smallest absolute Gasteiger partial charge is 0.336 e. The number of hydrogen-bond acceptors (Lipinski definition) is 4. The molecule has 5 N–H and O–H groups in total. The summed E-state index contributed by atoms with van der Waals surface area (Å²) in [6, 6.07) is 2.25. The molecule has 0 atom stereocenters. The quantitative estimate of drug-likeness (QED) is 0.623. The highest BCUT2D eigenvalue weighted by molar-refractivity contribution is 6.20. The van der Waals surface area contributed by atoms with Gasteiger partial charge in [0.25, 0.3) is 5.91 Å². The van der Waals surface area contributed by atoms with Gasteiger partial charge in [-0.05, 0) is 12.1 Å². The highest BCUT2D eigenvalue weighted by atomic mass is 16.4. The summed E-state index contributed by atoms with van der Waals surface area (Å²) in [6.45, 7) is 0. The third-order valence-electron chi connectivity index (χ3n) is 2.38. The van der Waals surface area contributed by atoms with E-state index in [0.717, 1.165) is 6.07 Å². The van der Waals surface area contributed by atoms with E-state index >= 15 is 0 Å². The fourth-order valence-corrected chi connectivity index (χ4v) is 1.60. The Balaban J connectivity index is 2.80. The number of hydrogen-bond donors (Lipinski definition) is 3. The highest BCUT2D eigenvalue weighted by Gasteiger charge is 2.26. The third kappa shape index (κ3) is 1.53. The molecule has 0 aromatic heterocycles. The molecule has 1 aromatic rings. The lowest BCUT2D eigenvalue weighted by Crippen LogP contribution is -2.27. The molecule has 2 bridgehead atoms. The molecule has 0 spiro atoms. The molecule has 0 unspecified atom stereocenters. The lowest BCUT2D eigenvalue weighted by Gasteiger charge is -2.14. The van der Waals surface area contributed by atoms with Gasteiger partial charge < -0.3 is 16.6 Å². The number of rotatable bonds is 2. The van der Waals surface area contributed by atoms with Gasteiger partial charge in [-0.3, -0.25) is 9.59 Å². The van der Waals surface area contributed by atoms with Crippen molar-refractivity contribution in [3.05, 3.63) is 34.4 Å². The number of benzene rings is 1. The maximum absolute atomic E-state index is 11.4. The molecule has 17 heavy (non-hydrogen) atoms. The molecule has 0 radical (unpaired) electrons. The van der Waals surface area contributed by atoms with Crippen LogP contribution in [0, 0.1) is 0 Å². The van der Waals surface area contributed by atoms with E-state index in [4.69, 9.17) is 16.6 Å². The standard InChI is InChI=1S/C10H7N3O4/c11-7-3-1-5(9(15)13-7)6(10(16)17)2-4(3)8(12)14/h1-2H,(H2,12,14)(H,16,17)(H2,11,13,15). The normalized spacial score (nSPS) is 13.2. The number of primary amides is 1. The molecular weight excluding hydrogens is 226 g/mol. The van der Waals surface area contributed by atoms with Crippen LogP contribution < -0.4 is 11.5 Å². The monoisotopic (exact) mass is 233 g/mol. The van der Waals surface area contributed by atoms with Crippen LogP contribution in [0.1, 0.15) is 36.6 Å². The van der Waals surface area contributed by atoms with Crippen LogP contribution in [0.25, 0.3) is 0 Å². The average Bonchev–Trinajstić information content (AvgIpc) is 2.25. The number of carbonyl (C=O) groups excluding carboxylic acids is 2. The molecule has 0 saturated heterocycles. The Morgan fingerprint density at radius 3 is 2.35 bits per heavy atom. The molecule has 2 rings (SSSR count). The zero-order valence-electron chi connectivity index (χ0n) is 8.43. The number of nitrogens with zero attached hydrogens (tertiary/aromatic N) is 1. The van der Waals surface area contributed by atoms with Crippen molar-refractivity contribution < 1.29 is 19.5 Å². The van der Waals surface area contributed by atoms with Crippen molar-refractivity contribution in [2.75, 3.05) is 0 Å². The minimum atomic E-state index is -1.34. The fraction of sp³-hybridized carbons (Fsp3) is 0. The summed E-state index contributed by atoms with van der Waals surface area (Å²) in [5.74, 6) is -3.06. The molecule has 7 heteroatoms. The molecule has 7 nitrogen and oxygen atoms in total. The Hall–Kier alpha value is -2.70. The van der Waals surface area contributed by atoms with Crippen LogP contribution in [-0.2, 0) is 0 Å². The van der Waals surface area contributed by atoms with Crippen molar-refractivity contribution >= 4 is 23.6 Å². The Kier molecular flexibility index (Phi) is 2.17. The van der Waals surface area contributed by atoms with Gasteiger partial charge in [-0.1, -0.05) is 0 Å². The van der Waals surface area contributed by atoms with Gasteiger partial charge in [-0.2, -0.15) is 4.99 Å². The summed E-state index contributed by atoms with van der Waals surface area (Å²) >= 11 is 0. The molecule has 1 aliphatic heterocycles. The summed E-state index contributed by atoms with van der Waals surface area (Å²) in [5.41, 5.74) is 10.3. The summed E-state index contributed by atoms with van der Waals surface area (Å²) in [7, 11) is 0. The lowest BCUT2D eigenvalue weighted by atomic mass is 9.94. The molecule has 86 valence electrons. The maximum Gasteiger partial charge on any atom is 0.336 e. The maximum atomic E-state index is 11.4. The molecule has 0 fully saturated rings. The van der Waals surface area contributed by atoms with Gasteiger partial charge in [0.05, 0.1) is 16.7 Å². The van der Waals surface area contributed by atoms with Crippen molar-refractivity contribution in [2.45, 2.75) is 0 Å². The second kappa shape index (κ2) is 3.41. The first-order valence-corrected chi connectivity index (χ1v) is 4.52. The Morgan fingerprint density at radius 2 is 1.82 bits per heavy atom. The topological polar surface area (TPSA) is 136 Å². The van der Waals surface area contributed by atoms with Crippen molar-refractivity contribution in [3.63, 3.8) is 0 Å². The third-order valence-corrected chi connectivity index (χ3v) is 2.38. The van der Waals surface area contributed by atoms with Gasteiger partial charge in [-0.25, -0.2) is 4.79 Å². The van der Waals surface area contributed by atoms with Crippen LogP contribution >= 0.6 is 0 Å². The van der Waals surface area contributed by atoms with Crippen molar-refractivity contribution in [2.24, 2.45) is 16.5 Å². The largest absolute Gasteiger partial charge is 0.478 e. The molecular formula is C10H7N3O4. The first-order chi connectivity index (χ1) is 7.91.